The van der Waals surface area contributed by atoms with Crippen LogP contribution in [0.4, 0.5) is 0 Å². The fourth-order valence-corrected chi connectivity index (χ4v) is 1.60. The molecule has 1 saturated heterocycles. The van der Waals surface area contributed by atoms with Crippen molar-refractivity contribution in [3.05, 3.63) is 0 Å². The summed E-state index contributed by atoms with van der Waals surface area (Å²) in [4.78, 5) is 2.49. The minimum atomic E-state index is -0.00270. The summed E-state index contributed by atoms with van der Waals surface area (Å²) in [7, 11) is 0. The molecule has 0 spiro atoms. The van der Waals surface area contributed by atoms with E-state index in [-0.39, 0.29) is 5.60 Å². The third-order valence-electron chi connectivity index (χ3n) is 2.60. The lowest BCUT2D eigenvalue weighted by atomic mass is 10.1. The van der Waals surface area contributed by atoms with Gasteiger partial charge in [0.05, 0.1) is 12.2 Å². The Morgan fingerprint density at radius 2 is 2.00 bits per heavy atom. The first-order chi connectivity index (χ1) is 6.53. The summed E-state index contributed by atoms with van der Waals surface area (Å²) < 4.78 is 5.72. The van der Waals surface area contributed by atoms with Gasteiger partial charge in [0, 0.05) is 25.7 Å². The topological polar surface area (TPSA) is 24.5 Å². The molecule has 14 heavy (non-hydrogen) atoms. The smallest absolute Gasteiger partial charge is 0.0600 e. The van der Waals surface area contributed by atoms with E-state index in [1.165, 1.54) is 0 Å². The molecule has 0 atom stereocenters. The molecule has 0 amide bonds. The van der Waals surface area contributed by atoms with Crippen LogP contribution in [0.25, 0.3) is 0 Å². The van der Waals surface area contributed by atoms with E-state index in [9.17, 15) is 0 Å². The lowest BCUT2D eigenvalue weighted by molar-refractivity contribution is -0.0198. The molecule has 0 bridgehead atoms. The Bertz CT molecular complexity index is 161. The molecule has 0 radical (unpaired) electrons. The molecule has 1 rings (SSSR count). The molecule has 0 aromatic heterocycles. The molecule has 1 aliphatic heterocycles. The van der Waals surface area contributed by atoms with Crippen molar-refractivity contribution in [2.24, 2.45) is 0 Å². The van der Waals surface area contributed by atoms with E-state index < -0.39 is 0 Å². The number of hydrogen-bond acceptors (Lipinski definition) is 3. The first-order valence-electron chi connectivity index (χ1n) is 5.61. The van der Waals surface area contributed by atoms with Crippen LogP contribution in [0.3, 0.4) is 0 Å². The maximum Gasteiger partial charge on any atom is 0.0600 e. The summed E-state index contributed by atoms with van der Waals surface area (Å²) in [6, 6.07) is 0.739. The zero-order chi connectivity index (χ0) is 10.6. The standard InChI is InChI=1S/C11H24N2O/c1-5-13(10-8-12-9-10)6-7-14-11(2,3)4/h10,12H,5-9H2,1-4H3. The van der Waals surface area contributed by atoms with Crippen LogP contribution >= 0.6 is 0 Å². The van der Waals surface area contributed by atoms with Gasteiger partial charge in [0.2, 0.25) is 0 Å². The number of hydrogen-bond donors (Lipinski definition) is 1. The third-order valence-corrected chi connectivity index (χ3v) is 2.60. The summed E-state index contributed by atoms with van der Waals surface area (Å²) in [6.45, 7) is 13.8. The Balaban J connectivity index is 2.14. The Morgan fingerprint density at radius 3 is 2.36 bits per heavy atom. The summed E-state index contributed by atoms with van der Waals surface area (Å²) in [5.74, 6) is 0. The molecule has 1 heterocycles. The lowest BCUT2D eigenvalue weighted by Crippen LogP contribution is -2.57. The predicted octanol–water partition coefficient (Wildman–Crippen LogP) is 1.10. The minimum Gasteiger partial charge on any atom is -0.375 e. The molecule has 0 aromatic rings. The monoisotopic (exact) mass is 200 g/mol. The van der Waals surface area contributed by atoms with E-state index in [2.05, 4.69) is 37.9 Å². The van der Waals surface area contributed by atoms with Crippen LogP contribution in [0.5, 0.6) is 0 Å². The molecule has 84 valence electrons. The maximum atomic E-state index is 5.72. The van der Waals surface area contributed by atoms with Gasteiger partial charge in [0.15, 0.2) is 0 Å². The Morgan fingerprint density at radius 1 is 1.36 bits per heavy atom. The van der Waals surface area contributed by atoms with Crippen LogP contribution in [0.15, 0.2) is 0 Å². The summed E-state index contributed by atoms with van der Waals surface area (Å²) in [5.41, 5.74) is -0.00270. The van der Waals surface area contributed by atoms with Gasteiger partial charge in [-0.3, -0.25) is 4.90 Å². The van der Waals surface area contributed by atoms with Crippen LogP contribution < -0.4 is 5.32 Å². The maximum absolute atomic E-state index is 5.72. The number of likely N-dealkylation sites (N-methyl/N-ethyl adjacent to an activating group) is 1. The zero-order valence-electron chi connectivity index (χ0n) is 9.97. The first kappa shape index (κ1) is 12.0. The first-order valence-corrected chi connectivity index (χ1v) is 5.61. The van der Waals surface area contributed by atoms with Crippen molar-refractivity contribution in [3.63, 3.8) is 0 Å². The van der Waals surface area contributed by atoms with Crippen molar-refractivity contribution in [3.8, 4) is 0 Å². The summed E-state index contributed by atoms with van der Waals surface area (Å²) >= 11 is 0. The van der Waals surface area contributed by atoms with Gasteiger partial charge in [-0.25, -0.2) is 0 Å². The van der Waals surface area contributed by atoms with Gasteiger partial charge in [-0.15, -0.1) is 0 Å². The average Bonchev–Trinajstić information content (AvgIpc) is 1.96. The van der Waals surface area contributed by atoms with E-state index in [0.29, 0.717) is 0 Å². The fraction of sp³-hybridized carbons (Fsp3) is 1.00. The van der Waals surface area contributed by atoms with Crippen molar-refractivity contribution >= 4 is 0 Å². The van der Waals surface area contributed by atoms with Gasteiger partial charge in [-0.2, -0.15) is 0 Å². The second-order valence-electron chi connectivity index (χ2n) is 4.90. The molecule has 0 unspecified atom stereocenters. The Kier molecular flexibility index (Phi) is 4.35. The van der Waals surface area contributed by atoms with Crippen molar-refractivity contribution in [2.45, 2.75) is 39.3 Å². The van der Waals surface area contributed by atoms with Crippen LogP contribution in [0.1, 0.15) is 27.7 Å². The van der Waals surface area contributed by atoms with E-state index in [4.69, 9.17) is 4.74 Å². The molecular weight excluding hydrogens is 176 g/mol. The van der Waals surface area contributed by atoms with E-state index in [0.717, 1.165) is 38.8 Å². The van der Waals surface area contributed by atoms with Crippen molar-refractivity contribution in [1.82, 2.24) is 10.2 Å². The zero-order valence-corrected chi connectivity index (χ0v) is 9.97. The predicted molar refractivity (Wildman–Crippen MR) is 59.6 cm³/mol. The number of nitrogens with one attached hydrogen (secondary N) is 1. The van der Waals surface area contributed by atoms with Crippen LogP contribution in [-0.2, 0) is 4.74 Å². The van der Waals surface area contributed by atoms with Crippen LogP contribution in [0.2, 0.25) is 0 Å². The number of nitrogens with zero attached hydrogens (tertiary/aromatic N) is 1. The molecule has 1 fully saturated rings. The van der Waals surface area contributed by atoms with Crippen molar-refractivity contribution in [1.29, 1.82) is 0 Å². The molecular formula is C11H24N2O. The highest BCUT2D eigenvalue weighted by Gasteiger charge is 2.23. The largest absolute Gasteiger partial charge is 0.375 e. The minimum absolute atomic E-state index is 0.00270. The van der Waals surface area contributed by atoms with Gasteiger partial charge >= 0.3 is 0 Å². The highest BCUT2D eigenvalue weighted by molar-refractivity contribution is 4.83. The molecule has 1 aliphatic rings. The summed E-state index contributed by atoms with van der Waals surface area (Å²) in [6.07, 6.45) is 0. The number of rotatable bonds is 5. The van der Waals surface area contributed by atoms with Crippen molar-refractivity contribution in [2.75, 3.05) is 32.8 Å². The van der Waals surface area contributed by atoms with Gasteiger partial charge in [0.25, 0.3) is 0 Å². The highest BCUT2D eigenvalue weighted by atomic mass is 16.5. The second kappa shape index (κ2) is 5.10. The van der Waals surface area contributed by atoms with Crippen LogP contribution in [0, 0.1) is 0 Å². The number of ether oxygens (including phenoxy) is 1. The SMILES string of the molecule is CCN(CCOC(C)(C)C)C1CNC1. The van der Waals surface area contributed by atoms with Crippen molar-refractivity contribution < 1.29 is 4.74 Å². The van der Waals surface area contributed by atoms with Gasteiger partial charge in [-0.1, -0.05) is 6.92 Å². The molecule has 0 aromatic carbocycles. The molecule has 3 heteroatoms. The molecule has 0 saturated carbocycles. The van der Waals surface area contributed by atoms with Gasteiger partial charge in [0.1, 0.15) is 0 Å². The molecule has 0 aliphatic carbocycles. The molecule has 3 nitrogen and oxygen atoms in total. The van der Waals surface area contributed by atoms with E-state index in [1.54, 1.807) is 0 Å². The highest BCUT2D eigenvalue weighted by Crippen LogP contribution is 2.08. The van der Waals surface area contributed by atoms with E-state index >= 15 is 0 Å². The normalized spacial score (nSPS) is 18.6. The Hall–Kier alpha value is -0.120. The van der Waals surface area contributed by atoms with E-state index in [1.807, 2.05) is 0 Å². The second-order valence-corrected chi connectivity index (χ2v) is 4.90. The van der Waals surface area contributed by atoms with Crippen LogP contribution in [-0.4, -0.2) is 49.3 Å². The summed E-state index contributed by atoms with van der Waals surface area (Å²) in [5, 5.41) is 3.30. The quantitative estimate of drug-likeness (QED) is 0.719. The van der Waals surface area contributed by atoms with Gasteiger partial charge < -0.3 is 10.1 Å². The lowest BCUT2D eigenvalue weighted by Gasteiger charge is -2.38. The average molecular weight is 200 g/mol. The third kappa shape index (κ3) is 3.95. The fourth-order valence-electron chi connectivity index (χ4n) is 1.60. The Labute approximate surface area is 87.8 Å². The molecule has 1 N–H and O–H groups in total. The van der Waals surface area contributed by atoms with Gasteiger partial charge in [-0.05, 0) is 27.3 Å².